The summed E-state index contributed by atoms with van der Waals surface area (Å²) in [6.45, 7) is 4.16. The largest absolute Gasteiger partial charge is 0.356 e. The highest BCUT2D eigenvalue weighted by Gasteiger charge is 2.11. The molecule has 0 fully saturated rings. The van der Waals surface area contributed by atoms with Crippen molar-refractivity contribution < 1.29 is 4.52 Å². The lowest BCUT2D eigenvalue weighted by atomic mass is 10.1. The highest BCUT2D eigenvalue weighted by atomic mass is 35.5. The second-order valence-corrected chi connectivity index (χ2v) is 3.80. The Kier molecular flexibility index (Phi) is 2.00. The Hall–Kier alpha value is -1.02. The van der Waals surface area contributed by atoms with Gasteiger partial charge in [-0.25, -0.2) is 0 Å². The van der Waals surface area contributed by atoms with Gasteiger partial charge in [0.25, 0.3) is 0 Å². The molecule has 0 aliphatic carbocycles. The Morgan fingerprint density at radius 1 is 1.38 bits per heavy atom. The number of benzene rings is 1. The monoisotopic (exact) mass is 195 g/mol. The predicted molar refractivity (Wildman–Crippen MR) is 53.1 cm³/mol. The van der Waals surface area contributed by atoms with Crippen molar-refractivity contribution in [3.63, 3.8) is 0 Å². The van der Waals surface area contributed by atoms with Crippen LogP contribution in [0.4, 0.5) is 0 Å². The maximum absolute atomic E-state index is 5.88. The Balaban J connectivity index is 2.71. The van der Waals surface area contributed by atoms with Gasteiger partial charge in [0.05, 0.1) is 5.69 Å². The first kappa shape index (κ1) is 8.57. The zero-order valence-corrected chi connectivity index (χ0v) is 8.30. The van der Waals surface area contributed by atoms with Gasteiger partial charge in [-0.05, 0) is 24.1 Å². The second kappa shape index (κ2) is 3.04. The summed E-state index contributed by atoms with van der Waals surface area (Å²) in [4.78, 5) is 0. The molecule has 0 atom stereocenters. The number of nitrogens with zero attached hydrogens (tertiary/aromatic N) is 1. The van der Waals surface area contributed by atoms with Crippen molar-refractivity contribution in [1.29, 1.82) is 0 Å². The highest BCUT2D eigenvalue weighted by Crippen LogP contribution is 2.26. The third-order valence-electron chi connectivity index (χ3n) is 2.01. The number of aromatic nitrogens is 1. The highest BCUT2D eigenvalue weighted by molar-refractivity contribution is 6.31. The van der Waals surface area contributed by atoms with Gasteiger partial charge < -0.3 is 4.52 Å². The van der Waals surface area contributed by atoms with E-state index >= 15 is 0 Å². The van der Waals surface area contributed by atoms with E-state index in [1.807, 2.05) is 12.1 Å². The van der Waals surface area contributed by atoms with Crippen LogP contribution in [0.3, 0.4) is 0 Å². The van der Waals surface area contributed by atoms with Crippen LogP contribution in [0.1, 0.15) is 25.5 Å². The molecule has 2 aromatic rings. The molecule has 1 heterocycles. The van der Waals surface area contributed by atoms with Gasteiger partial charge in [-0.15, -0.1) is 0 Å². The molecule has 68 valence electrons. The van der Waals surface area contributed by atoms with E-state index in [0.717, 1.165) is 21.7 Å². The smallest absolute Gasteiger partial charge is 0.167 e. The van der Waals surface area contributed by atoms with Crippen LogP contribution < -0.4 is 0 Å². The molecule has 3 heteroatoms. The van der Waals surface area contributed by atoms with Gasteiger partial charge in [0.15, 0.2) is 5.58 Å². The lowest BCUT2D eigenvalue weighted by molar-refractivity contribution is 0.441. The first-order valence-electron chi connectivity index (χ1n) is 4.23. The number of fused-ring (bicyclic) bond motifs is 1. The van der Waals surface area contributed by atoms with Crippen molar-refractivity contribution in [2.45, 2.75) is 19.8 Å². The molecule has 1 aromatic carbocycles. The van der Waals surface area contributed by atoms with E-state index in [0.29, 0.717) is 5.92 Å². The molecule has 0 N–H and O–H groups in total. The van der Waals surface area contributed by atoms with E-state index in [-0.39, 0.29) is 0 Å². The van der Waals surface area contributed by atoms with Gasteiger partial charge >= 0.3 is 0 Å². The van der Waals surface area contributed by atoms with Crippen molar-refractivity contribution >= 4 is 22.6 Å². The average molecular weight is 196 g/mol. The van der Waals surface area contributed by atoms with E-state index in [4.69, 9.17) is 16.1 Å². The minimum absolute atomic E-state index is 0.361. The van der Waals surface area contributed by atoms with Gasteiger partial charge in [-0.3, -0.25) is 0 Å². The van der Waals surface area contributed by atoms with Crippen LogP contribution in [0, 0.1) is 0 Å². The fraction of sp³-hybridized carbons (Fsp3) is 0.300. The summed E-state index contributed by atoms with van der Waals surface area (Å²) < 4.78 is 5.16. The van der Waals surface area contributed by atoms with Crippen LogP contribution >= 0.6 is 11.6 Å². The van der Waals surface area contributed by atoms with Gasteiger partial charge in [0, 0.05) is 10.4 Å². The van der Waals surface area contributed by atoms with Crippen molar-refractivity contribution in [1.82, 2.24) is 5.16 Å². The normalized spacial score (nSPS) is 11.4. The van der Waals surface area contributed by atoms with E-state index in [2.05, 4.69) is 19.0 Å². The van der Waals surface area contributed by atoms with Crippen molar-refractivity contribution in [2.24, 2.45) is 0 Å². The van der Waals surface area contributed by atoms with Crippen LogP contribution in [0.2, 0.25) is 5.02 Å². The maximum Gasteiger partial charge on any atom is 0.167 e. The molecule has 0 spiro atoms. The minimum atomic E-state index is 0.361. The minimum Gasteiger partial charge on any atom is -0.356 e. The standard InChI is InChI=1S/C10H10ClNO/c1-6(2)10-8-5-7(11)3-4-9(8)13-12-10/h3-6H,1-2H3. The summed E-state index contributed by atoms with van der Waals surface area (Å²) >= 11 is 5.88. The summed E-state index contributed by atoms with van der Waals surface area (Å²) in [6.07, 6.45) is 0. The quantitative estimate of drug-likeness (QED) is 0.695. The second-order valence-electron chi connectivity index (χ2n) is 3.36. The van der Waals surface area contributed by atoms with Crippen molar-refractivity contribution in [3.05, 3.63) is 28.9 Å². The topological polar surface area (TPSA) is 26.0 Å². The molecule has 1 aromatic heterocycles. The number of hydrogen-bond donors (Lipinski definition) is 0. The van der Waals surface area contributed by atoms with Crippen LogP contribution in [0.5, 0.6) is 0 Å². The molecule has 0 bridgehead atoms. The van der Waals surface area contributed by atoms with Gasteiger partial charge in [0.1, 0.15) is 0 Å². The van der Waals surface area contributed by atoms with E-state index in [1.165, 1.54) is 0 Å². The summed E-state index contributed by atoms with van der Waals surface area (Å²) in [5.41, 5.74) is 1.77. The van der Waals surface area contributed by atoms with Gasteiger partial charge in [-0.2, -0.15) is 0 Å². The Labute approximate surface area is 81.5 Å². The van der Waals surface area contributed by atoms with E-state index in [1.54, 1.807) is 6.07 Å². The SMILES string of the molecule is CC(C)c1noc2ccc(Cl)cc12. The van der Waals surface area contributed by atoms with Crippen LogP contribution in [0.15, 0.2) is 22.7 Å². The van der Waals surface area contributed by atoms with E-state index in [9.17, 15) is 0 Å². The Morgan fingerprint density at radius 3 is 2.85 bits per heavy atom. The third-order valence-corrected chi connectivity index (χ3v) is 2.24. The molecule has 2 rings (SSSR count). The zero-order valence-electron chi connectivity index (χ0n) is 7.54. The predicted octanol–water partition coefficient (Wildman–Crippen LogP) is 3.60. The fourth-order valence-electron chi connectivity index (χ4n) is 1.35. The molecular weight excluding hydrogens is 186 g/mol. The summed E-state index contributed by atoms with van der Waals surface area (Å²) in [6, 6.07) is 5.54. The van der Waals surface area contributed by atoms with E-state index < -0.39 is 0 Å². The summed E-state index contributed by atoms with van der Waals surface area (Å²) in [5.74, 6) is 0.361. The molecule has 0 radical (unpaired) electrons. The first-order valence-corrected chi connectivity index (χ1v) is 4.61. The number of hydrogen-bond acceptors (Lipinski definition) is 2. The number of halogens is 1. The molecule has 0 saturated carbocycles. The molecule has 13 heavy (non-hydrogen) atoms. The zero-order chi connectivity index (χ0) is 9.42. The first-order chi connectivity index (χ1) is 6.18. The molecule has 0 saturated heterocycles. The van der Waals surface area contributed by atoms with Crippen LogP contribution in [0.25, 0.3) is 11.0 Å². The lowest BCUT2D eigenvalue weighted by Crippen LogP contribution is -1.86. The van der Waals surface area contributed by atoms with Gasteiger partial charge in [-0.1, -0.05) is 30.6 Å². The fourth-order valence-corrected chi connectivity index (χ4v) is 1.52. The molecule has 0 aliphatic heterocycles. The van der Waals surface area contributed by atoms with Crippen molar-refractivity contribution in [3.8, 4) is 0 Å². The Morgan fingerprint density at radius 2 is 2.15 bits per heavy atom. The summed E-state index contributed by atoms with van der Waals surface area (Å²) in [7, 11) is 0. The average Bonchev–Trinajstić information content (AvgIpc) is 2.46. The lowest BCUT2D eigenvalue weighted by Gasteiger charge is -1.97. The van der Waals surface area contributed by atoms with Crippen LogP contribution in [-0.4, -0.2) is 5.16 Å². The maximum atomic E-state index is 5.88. The molecule has 0 aliphatic rings. The number of rotatable bonds is 1. The molecule has 0 amide bonds. The molecule has 2 nitrogen and oxygen atoms in total. The van der Waals surface area contributed by atoms with Gasteiger partial charge in [0.2, 0.25) is 0 Å². The van der Waals surface area contributed by atoms with Crippen molar-refractivity contribution in [2.75, 3.05) is 0 Å². The molecular formula is C10H10ClNO. The third kappa shape index (κ3) is 1.42. The van der Waals surface area contributed by atoms with Crippen LogP contribution in [-0.2, 0) is 0 Å². The Bertz CT molecular complexity index is 433. The summed E-state index contributed by atoms with van der Waals surface area (Å²) in [5, 5.41) is 5.74. The molecule has 0 unspecified atom stereocenters.